The zero-order chi connectivity index (χ0) is 16.1. The van der Waals surface area contributed by atoms with Crippen molar-refractivity contribution in [3.63, 3.8) is 0 Å². The van der Waals surface area contributed by atoms with Crippen LogP contribution in [0.15, 0.2) is 40.9 Å². The molecule has 0 aliphatic carbocycles. The molecule has 0 bridgehead atoms. The number of hydrogen-bond donors (Lipinski definition) is 1. The third-order valence-corrected chi connectivity index (χ3v) is 3.95. The van der Waals surface area contributed by atoms with E-state index in [-0.39, 0.29) is 11.7 Å². The number of rotatable bonds is 5. The summed E-state index contributed by atoms with van der Waals surface area (Å²) in [4.78, 5) is 12.0. The van der Waals surface area contributed by atoms with Crippen LogP contribution in [0.4, 0.5) is 10.1 Å². The molecule has 1 amide bonds. The van der Waals surface area contributed by atoms with Crippen molar-refractivity contribution in [1.29, 1.82) is 0 Å². The van der Waals surface area contributed by atoms with Gasteiger partial charge in [0.05, 0.1) is 11.6 Å². The second-order valence-corrected chi connectivity index (χ2v) is 5.83. The zero-order valence-corrected chi connectivity index (χ0v) is 14.0. The van der Waals surface area contributed by atoms with E-state index in [1.54, 1.807) is 13.2 Å². The van der Waals surface area contributed by atoms with Gasteiger partial charge in [-0.15, -0.1) is 0 Å². The number of methoxy groups -OCH3 is 1. The highest BCUT2D eigenvalue weighted by Crippen LogP contribution is 2.26. The Labute approximate surface area is 137 Å². The smallest absolute Gasteiger partial charge is 0.224 e. The molecule has 0 atom stereocenters. The van der Waals surface area contributed by atoms with Gasteiger partial charge in [-0.1, -0.05) is 12.1 Å². The molecule has 0 heterocycles. The van der Waals surface area contributed by atoms with Crippen LogP contribution in [0.3, 0.4) is 0 Å². The summed E-state index contributed by atoms with van der Waals surface area (Å²) in [5, 5.41) is 2.74. The lowest BCUT2D eigenvalue weighted by molar-refractivity contribution is -0.116. The highest BCUT2D eigenvalue weighted by molar-refractivity contribution is 9.10. The predicted octanol–water partition coefficient (Wildman–Crippen LogP) is 4.48. The molecule has 2 aromatic rings. The average molecular weight is 366 g/mol. The van der Waals surface area contributed by atoms with Gasteiger partial charge in [-0.3, -0.25) is 4.79 Å². The lowest BCUT2D eigenvalue weighted by Gasteiger charge is -2.09. The standard InChI is InChI=1S/C17H17BrFNO2/c1-11-3-6-13(19)10-15(11)20-17(21)8-5-12-4-7-16(22-2)14(18)9-12/h3-4,6-7,9-10H,5,8H2,1-2H3,(H,20,21). The van der Waals surface area contributed by atoms with Gasteiger partial charge in [0.2, 0.25) is 5.91 Å². The second kappa shape index (κ2) is 7.40. The third-order valence-electron chi connectivity index (χ3n) is 3.33. The maximum atomic E-state index is 13.2. The van der Waals surface area contributed by atoms with Gasteiger partial charge in [0.25, 0.3) is 0 Å². The van der Waals surface area contributed by atoms with Crippen molar-refractivity contribution in [1.82, 2.24) is 0 Å². The van der Waals surface area contributed by atoms with Gasteiger partial charge in [0, 0.05) is 12.1 Å². The van der Waals surface area contributed by atoms with Crippen LogP contribution in [0.2, 0.25) is 0 Å². The maximum Gasteiger partial charge on any atom is 0.224 e. The molecular formula is C17H17BrFNO2. The molecule has 0 fully saturated rings. The summed E-state index contributed by atoms with van der Waals surface area (Å²) >= 11 is 3.42. The summed E-state index contributed by atoms with van der Waals surface area (Å²) in [5.41, 5.74) is 2.38. The molecule has 1 N–H and O–H groups in total. The molecule has 0 aliphatic rings. The van der Waals surface area contributed by atoms with Crippen molar-refractivity contribution in [2.75, 3.05) is 12.4 Å². The average Bonchev–Trinajstić information content (AvgIpc) is 2.49. The number of aryl methyl sites for hydroxylation is 2. The molecule has 0 unspecified atom stereocenters. The van der Waals surface area contributed by atoms with Crippen molar-refractivity contribution < 1.29 is 13.9 Å². The molecule has 2 aromatic carbocycles. The number of anilines is 1. The molecule has 0 saturated heterocycles. The van der Waals surface area contributed by atoms with E-state index in [1.807, 2.05) is 25.1 Å². The van der Waals surface area contributed by atoms with Gasteiger partial charge in [0.15, 0.2) is 0 Å². The first kappa shape index (κ1) is 16.5. The number of ether oxygens (including phenoxy) is 1. The Bertz CT molecular complexity index is 688. The molecule has 116 valence electrons. The largest absolute Gasteiger partial charge is 0.496 e. The van der Waals surface area contributed by atoms with E-state index < -0.39 is 0 Å². The summed E-state index contributed by atoms with van der Waals surface area (Å²) in [5.74, 6) is 0.254. The minimum atomic E-state index is -0.361. The van der Waals surface area contributed by atoms with Crippen molar-refractivity contribution >= 4 is 27.5 Å². The minimum Gasteiger partial charge on any atom is -0.496 e. The fraction of sp³-hybridized carbons (Fsp3) is 0.235. The Morgan fingerprint density at radius 2 is 2.05 bits per heavy atom. The lowest BCUT2D eigenvalue weighted by Crippen LogP contribution is -2.13. The minimum absolute atomic E-state index is 0.138. The highest BCUT2D eigenvalue weighted by atomic mass is 79.9. The first-order valence-electron chi connectivity index (χ1n) is 6.88. The van der Waals surface area contributed by atoms with Crippen LogP contribution in [0, 0.1) is 12.7 Å². The molecule has 5 heteroatoms. The number of hydrogen-bond acceptors (Lipinski definition) is 2. The quantitative estimate of drug-likeness (QED) is 0.848. The van der Waals surface area contributed by atoms with Crippen molar-refractivity contribution in [3.05, 3.63) is 57.8 Å². The number of carbonyl (C=O) groups excluding carboxylic acids is 1. The first-order chi connectivity index (χ1) is 10.5. The fourth-order valence-corrected chi connectivity index (χ4v) is 2.65. The van der Waals surface area contributed by atoms with E-state index in [0.717, 1.165) is 21.3 Å². The summed E-state index contributed by atoms with van der Waals surface area (Å²) in [7, 11) is 1.61. The molecule has 0 spiro atoms. The van der Waals surface area contributed by atoms with E-state index in [2.05, 4.69) is 21.2 Å². The molecule has 22 heavy (non-hydrogen) atoms. The summed E-state index contributed by atoms with van der Waals surface area (Å²) < 4.78 is 19.2. The van der Waals surface area contributed by atoms with Gasteiger partial charge in [-0.05, 0) is 64.7 Å². The third kappa shape index (κ3) is 4.31. The van der Waals surface area contributed by atoms with Crippen LogP contribution in [0.25, 0.3) is 0 Å². The van der Waals surface area contributed by atoms with Crippen LogP contribution >= 0.6 is 15.9 Å². The number of benzene rings is 2. The van der Waals surface area contributed by atoms with Crippen LogP contribution < -0.4 is 10.1 Å². The Balaban J connectivity index is 1.95. The van der Waals surface area contributed by atoms with E-state index in [4.69, 9.17) is 4.74 Å². The Hall–Kier alpha value is -1.88. The molecular weight excluding hydrogens is 349 g/mol. The van der Waals surface area contributed by atoms with Gasteiger partial charge in [-0.2, -0.15) is 0 Å². The van der Waals surface area contributed by atoms with E-state index in [0.29, 0.717) is 18.5 Å². The predicted molar refractivity (Wildman–Crippen MR) is 88.8 cm³/mol. The zero-order valence-electron chi connectivity index (χ0n) is 12.5. The number of nitrogens with one attached hydrogen (secondary N) is 1. The van der Waals surface area contributed by atoms with Crippen LogP contribution in [-0.4, -0.2) is 13.0 Å². The molecule has 3 nitrogen and oxygen atoms in total. The van der Waals surface area contributed by atoms with E-state index >= 15 is 0 Å². The first-order valence-corrected chi connectivity index (χ1v) is 7.67. The van der Waals surface area contributed by atoms with Crippen molar-refractivity contribution in [2.24, 2.45) is 0 Å². The van der Waals surface area contributed by atoms with Gasteiger partial charge >= 0.3 is 0 Å². The highest BCUT2D eigenvalue weighted by Gasteiger charge is 2.08. The molecule has 0 aromatic heterocycles. The number of amides is 1. The van der Waals surface area contributed by atoms with Crippen LogP contribution in [-0.2, 0) is 11.2 Å². The summed E-state index contributed by atoms with van der Waals surface area (Å²) in [6.45, 7) is 1.83. The molecule has 0 aliphatic heterocycles. The summed E-state index contributed by atoms with van der Waals surface area (Å²) in [6, 6.07) is 10.1. The van der Waals surface area contributed by atoms with Crippen LogP contribution in [0.1, 0.15) is 17.5 Å². The topological polar surface area (TPSA) is 38.3 Å². The summed E-state index contributed by atoms with van der Waals surface area (Å²) in [6.07, 6.45) is 0.928. The second-order valence-electron chi connectivity index (χ2n) is 4.98. The van der Waals surface area contributed by atoms with E-state index in [1.165, 1.54) is 12.1 Å². The Morgan fingerprint density at radius 1 is 1.27 bits per heavy atom. The van der Waals surface area contributed by atoms with Gasteiger partial charge in [0.1, 0.15) is 11.6 Å². The van der Waals surface area contributed by atoms with Gasteiger partial charge in [-0.25, -0.2) is 4.39 Å². The molecule has 0 saturated carbocycles. The Kier molecular flexibility index (Phi) is 5.55. The monoisotopic (exact) mass is 365 g/mol. The normalized spacial score (nSPS) is 10.4. The maximum absolute atomic E-state index is 13.2. The van der Waals surface area contributed by atoms with Crippen molar-refractivity contribution in [2.45, 2.75) is 19.8 Å². The molecule has 2 rings (SSSR count). The SMILES string of the molecule is COc1ccc(CCC(=O)Nc2cc(F)ccc2C)cc1Br. The van der Waals surface area contributed by atoms with Crippen LogP contribution in [0.5, 0.6) is 5.75 Å². The van der Waals surface area contributed by atoms with Crippen molar-refractivity contribution in [3.8, 4) is 5.75 Å². The fourth-order valence-electron chi connectivity index (χ4n) is 2.06. The van der Waals surface area contributed by atoms with E-state index in [9.17, 15) is 9.18 Å². The lowest BCUT2D eigenvalue weighted by atomic mass is 10.1. The van der Waals surface area contributed by atoms with Gasteiger partial charge < -0.3 is 10.1 Å². The Morgan fingerprint density at radius 3 is 2.73 bits per heavy atom. The molecule has 0 radical (unpaired) electrons. The number of halogens is 2. The number of carbonyl (C=O) groups is 1.